The summed E-state index contributed by atoms with van der Waals surface area (Å²) < 4.78 is 29.4. The number of hydrogen-bond acceptors (Lipinski definition) is 3. The highest BCUT2D eigenvalue weighted by atomic mass is 32.2. The van der Waals surface area contributed by atoms with Gasteiger partial charge in [0, 0.05) is 30.2 Å². The Morgan fingerprint density at radius 2 is 1.92 bits per heavy atom. The van der Waals surface area contributed by atoms with Crippen LogP contribution in [-0.2, 0) is 23.6 Å². The molecular weight excluding hydrogens is 340 g/mol. The van der Waals surface area contributed by atoms with Gasteiger partial charge in [0.2, 0.25) is 10.0 Å². The number of aromatic carboxylic acids is 1. The van der Waals surface area contributed by atoms with E-state index in [0.717, 1.165) is 28.2 Å². The Kier molecular flexibility index (Phi) is 4.36. The quantitative estimate of drug-likeness (QED) is 0.734. The van der Waals surface area contributed by atoms with Gasteiger partial charge in [-0.15, -0.1) is 0 Å². The summed E-state index contributed by atoms with van der Waals surface area (Å²) in [6, 6.07) is 13.1. The van der Waals surface area contributed by atoms with Crippen LogP contribution in [0.1, 0.15) is 21.6 Å². The summed E-state index contributed by atoms with van der Waals surface area (Å²) in [5.41, 5.74) is 2.97. The van der Waals surface area contributed by atoms with Crippen LogP contribution >= 0.6 is 0 Å². The molecule has 6 nitrogen and oxygen atoms in total. The number of nitrogens with one attached hydrogen (secondary N) is 1. The summed E-state index contributed by atoms with van der Waals surface area (Å²) in [6.45, 7) is 2.14. The van der Waals surface area contributed by atoms with Crippen LogP contribution in [0.2, 0.25) is 0 Å². The molecule has 3 aromatic rings. The van der Waals surface area contributed by atoms with Crippen molar-refractivity contribution in [3.05, 3.63) is 65.4 Å². The minimum absolute atomic E-state index is 0.0657. The smallest absolute Gasteiger partial charge is 0.335 e. The normalized spacial score (nSPS) is 11.8. The van der Waals surface area contributed by atoms with Gasteiger partial charge >= 0.3 is 5.97 Å². The fraction of sp³-hybridized carbons (Fsp3) is 0.167. The summed E-state index contributed by atoms with van der Waals surface area (Å²) in [5, 5.41) is 10.0. The summed E-state index contributed by atoms with van der Waals surface area (Å²) in [4.78, 5) is 10.9. The van der Waals surface area contributed by atoms with Gasteiger partial charge in [0.05, 0.1) is 10.5 Å². The second-order valence-corrected chi connectivity index (χ2v) is 7.66. The van der Waals surface area contributed by atoms with E-state index in [1.54, 1.807) is 0 Å². The third-order valence-corrected chi connectivity index (χ3v) is 5.60. The Bertz CT molecular complexity index is 1070. The predicted molar refractivity (Wildman–Crippen MR) is 95.1 cm³/mol. The lowest BCUT2D eigenvalue weighted by atomic mass is 10.1. The highest BCUT2D eigenvalue weighted by Crippen LogP contribution is 2.20. The molecule has 0 spiro atoms. The van der Waals surface area contributed by atoms with E-state index in [9.17, 15) is 13.2 Å². The molecule has 0 atom stereocenters. The first-order valence-corrected chi connectivity index (χ1v) is 9.14. The van der Waals surface area contributed by atoms with Gasteiger partial charge in [-0.3, -0.25) is 0 Å². The molecule has 7 heteroatoms. The zero-order chi connectivity index (χ0) is 18.2. The standard InChI is InChI=1S/C18H18N2O4S/c1-12-8-15-9-13(6-7-17(15)20(12)2)11-19-25(23,24)16-5-3-4-14(10-16)18(21)22/h3-10,19H,11H2,1-2H3,(H,21,22). The molecule has 0 bridgehead atoms. The molecule has 1 heterocycles. The molecule has 0 radical (unpaired) electrons. The van der Waals surface area contributed by atoms with E-state index in [0.29, 0.717) is 0 Å². The van der Waals surface area contributed by atoms with Crippen LogP contribution in [-0.4, -0.2) is 24.1 Å². The van der Waals surface area contributed by atoms with Crippen molar-refractivity contribution >= 4 is 26.9 Å². The number of rotatable bonds is 5. The number of benzene rings is 2. The Morgan fingerprint density at radius 3 is 2.64 bits per heavy atom. The fourth-order valence-corrected chi connectivity index (χ4v) is 3.77. The van der Waals surface area contributed by atoms with E-state index in [1.807, 2.05) is 38.2 Å². The number of carbonyl (C=O) groups is 1. The number of nitrogens with zero attached hydrogens (tertiary/aromatic N) is 1. The van der Waals surface area contributed by atoms with Crippen molar-refractivity contribution in [2.24, 2.45) is 7.05 Å². The second kappa shape index (κ2) is 6.34. The number of hydrogen-bond donors (Lipinski definition) is 2. The lowest BCUT2D eigenvalue weighted by molar-refractivity contribution is 0.0696. The summed E-state index contributed by atoms with van der Waals surface area (Å²) in [6.07, 6.45) is 0. The monoisotopic (exact) mass is 358 g/mol. The Hall–Kier alpha value is -2.64. The summed E-state index contributed by atoms with van der Waals surface area (Å²) in [5.74, 6) is -1.16. The van der Waals surface area contributed by atoms with Crippen LogP contribution in [0.25, 0.3) is 10.9 Å². The molecule has 0 aliphatic heterocycles. The van der Waals surface area contributed by atoms with Gasteiger partial charge in [-0.1, -0.05) is 12.1 Å². The average molecular weight is 358 g/mol. The number of aryl methyl sites for hydroxylation is 2. The van der Waals surface area contributed by atoms with Crippen molar-refractivity contribution in [1.82, 2.24) is 9.29 Å². The third-order valence-electron chi connectivity index (χ3n) is 4.20. The molecule has 0 aliphatic rings. The molecule has 0 fully saturated rings. The van der Waals surface area contributed by atoms with E-state index in [4.69, 9.17) is 5.11 Å². The van der Waals surface area contributed by atoms with E-state index in [1.165, 1.54) is 18.2 Å². The summed E-state index contributed by atoms with van der Waals surface area (Å²) >= 11 is 0. The minimum atomic E-state index is -3.79. The molecule has 0 saturated heterocycles. The van der Waals surface area contributed by atoms with Crippen molar-refractivity contribution in [3.63, 3.8) is 0 Å². The fourth-order valence-electron chi connectivity index (χ4n) is 2.70. The van der Waals surface area contributed by atoms with Crippen molar-refractivity contribution in [2.75, 3.05) is 0 Å². The number of fused-ring (bicyclic) bond motifs is 1. The maximum atomic E-state index is 12.4. The molecule has 3 rings (SSSR count). The molecule has 2 aromatic carbocycles. The Morgan fingerprint density at radius 1 is 1.16 bits per heavy atom. The van der Waals surface area contributed by atoms with Gasteiger partial charge in [0.1, 0.15) is 0 Å². The maximum Gasteiger partial charge on any atom is 0.335 e. The first kappa shape index (κ1) is 17.2. The van der Waals surface area contributed by atoms with Crippen LogP contribution < -0.4 is 4.72 Å². The van der Waals surface area contributed by atoms with Crippen LogP contribution in [0, 0.1) is 6.92 Å². The minimum Gasteiger partial charge on any atom is -0.478 e. The predicted octanol–water partition coefficient (Wildman–Crippen LogP) is 2.66. The van der Waals surface area contributed by atoms with Crippen LogP contribution in [0.4, 0.5) is 0 Å². The summed E-state index contributed by atoms with van der Waals surface area (Å²) in [7, 11) is -1.81. The van der Waals surface area contributed by atoms with Gasteiger partial charge in [-0.05, 0) is 48.9 Å². The SMILES string of the molecule is Cc1cc2cc(CNS(=O)(=O)c3cccc(C(=O)O)c3)ccc2n1C. The highest BCUT2D eigenvalue weighted by Gasteiger charge is 2.16. The van der Waals surface area contributed by atoms with Crippen molar-refractivity contribution < 1.29 is 18.3 Å². The zero-order valence-electron chi connectivity index (χ0n) is 13.9. The molecule has 0 amide bonds. The number of sulfonamides is 1. The third kappa shape index (κ3) is 3.42. The maximum absolute atomic E-state index is 12.4. The first-order chi connectivity index (χ1) is 11.8. The van der Waals surface area contributed by atoms with Gasteiger partial charge in [0.15, 0.2) is 0 Å². The molecule has 2 N–H and O–H groups in total. The van der Waals surface area contributed by atoms with Gasteiger partial charge in [0.25, 0.3) is 0 Å². The van der Waals surface area contributed by atoms with Gasteiger partial charge in [-0.25, -0.2) is 17.9 Å². The van der Waals surface area contributed by atoms with Crippen molar-refractivity contribution in [1.29, 1.82) is 0 Å². The van der Waals surface area contributed by atoms with Crippen molar-refractivity contribution in [3.8, 4) is 0 Å². The van der Waals surface area contributed by atoms with E-state index in [-0.39, 0.29) is 17.0 Å². The molecule has 0 unspecified atom stereocenters. The van der Waals surface area contributed by atoms with Gasteiger partial charge < -0.3 is 9.67 Å². The van der Waals surface area contributed by atoms with Crippen LogP contribution in [0.5, 0.6) is 0 Å². The first-order valence-electron chi connectivity index (χ1n) is 7.66. The number of carboxylic acid groups (broad SMARTS) is 1. The van der Waals surface area contributed by atoms with E-state index in [2.05, 4.69) is 9.29 Å². The van der Waals surface area contributed by atoms with Crippen LogP contribution in [0.15, 0.2) is 53.4 Å². The topological polar surface area (TPSA) is 88.4 Å². The molecule has 1 aromatic heterocycles. The number of aromatic nitrogens is 1. The molecular formula is C18H18N2O4S. The molecule has 0 aliphatic carbocycles. The average Bonchev–Trinajstić information content (AvgIpc) is 2.87. The van der Waals surface area contributed by atoms with E-state index >= 15 is 0 Å². The Balaban J connectivity index is 1.82. The Labute approximate surface area is 145 Å². The second-order valence-electron chi connectivity index (χ2n) is 5.90. The highest BCUT2D eigenvalue weighted by molar-refractivity contribution is 7.89. The van der Waals surface area contributed by atoms with E-state index < -0.39 is 16.0 Å². The van der Waals surface area contributed by atoms with Crippen LogP contribution in [0.3, 0.4) is 0 Å². The lowest BCUT2D eigenvalue weighted by Gasteiger charge is -2.08. The number of carboxylic acids is 1. The largest absolute Gasteiger partial charge is 0.478 e. The van der Waals surface area contributed by atoms with Gasteiger partial charge in [-0.2, -0.15) is 0 Å². The lowest BCUT2D eigenvalue weighted by Crippen LogP contribution is -2.23. The molecule has 0 saturated carbocycles. The zero-order valence-corrected chi connectivity index (χ0v) is 14.7. The molecule has 25 heavy (non-hydrogen) atoms. The van der Waals surface area contributed by atoms with Crippen molar-refractivity contribution in [2.45, 2.75) is 18.4 Å². The molecule has 130 valence electrons.